The summed E-state index contributed by atoms with van der Waals surface area (Å²) in [4.78, 5) is 4.92. The van der Waals surface area contributed by atoms with Crippen LogP contribution in [0.4, 0.5) is 0 Å². The summed E-state index contributed by atoms with van der Waals surface area (Å²) in [6.07, 6.45) is 1.37. The Morgan fingerprint density at radius 2 is 1.64 bits per heavy atom. The van der Waals surface area contributed by atoms with Crippen LogP contribution in [0.15, 0.2) is 0 Å². The highest BCUT2D eigenvalue weighted by Crippen LogP contribution is 2.19. The van der Waals surface area contributed by atoms with Gasteiger partial charge in [0.1, 0.15) is 0 Å². The summed E-state index contributed by atoms with van der Waals surface area (Å²) in [6.45, 7) is 10.9. The number of rotatable bonds is 4. The Hall–Kier alpha value is -0.120. The summed E-state index contributed by atoms with van der Waals surface area (Å²) in [5.41, 5.74) is 0. The van der Waals surface area contributed by atoms with E-state index in [1.807, 2.05) is 0 Å². The van der Waals surface area contributed by atoms with E-state index >= 15 is 0 Å². The summed E-state index contributed by atoms with van der Waals surface area (Å²) >= 11 is 0. The lowest BCUT2D eigenvalue weighted by molar-refractivity contribution is -0.941. The molecule has 0 N–H and O–H groups in total. The van der Waals surface area contributed by atoms with Crippen LogP contribution in [0.25, 0.3) is 0 Å². The van der Waals surface area contributed by atoms with Gasteiger partial charge in [-0.25, -0.2) is 0 Å². The Morgan fingerprint density at radius 1 is 1.07 bits per heavy atom. The molecule has 3 heteroatoms. The van der Waals surface area contributed by atoms with E-state index in [1.54, 1.807) is 0 Å². The fraction of sp³-hybridized carbons (Fsp3) is 1.00. The second kappa shape index (κ2) is 4.17. The topological polar surface area (TPSA) is 6.48 Å². The van der Waals surface area contributed by atoms with E-state index in [0.29, 0.717) is 0 Å². The minimum atomic E-state index is 1.25. The van der Waals surface area contributed by atoms with Crippen molar-refractivity contribution in [3.63, 3.8) is 0 Å². The van der Waals surface area contributed by atoms with Gasteiger partial charge in [0.15, 0.2) is 0 Å². The molecule has 82 valence electrons. The van der Waals surface area contributed by atoms with Gasteiger partial charge in [-0.2, -0.15) is 0 Å². The van der Waals surface area contributed by atoms with E-state index in [-0.39, 0.29) is 0 Å². The van der Waals surface area contributed by atoms with Crippen molar-refractivity contribution in [1.82, 2.24) is 9.80 Å². The number of piperazine rings is 3. The Balaban J connectivity index is 1.77. The molecule has 0 amide bonds. The molecule has 0 atom stereocenters. The zero-order chi connectivity index (χ0) is 10.0. The molecule has 0 saturated carbocycles. The predicted octanol–water partition coefficient (Wildman–Crippen LogP) is 0.0841. The smallest absolute Gasteiger partial charge is 0.0916 e. The lowest BCUT2D eigenvalue weighted by Gasteiger charge is -2.50. The van der Waals surface area contributed by atoms with Crippen LogP contribution in [0.1, 0.15) is 6.42 Å². The fourth-order valence-electron chi connectivity index (χ4n) is 2.79. The number of quaternary nitrogens is 1. The van der Waals surface area contributed by atoms with E-state index in [2.05, 4.69) is 23.9 Å². The highest BCUT2D eigenvalue weighted by molar-refractivity contribution is 4.70. The number of hydrogen-bond donors (Lipinski definition) is 0. The number of nitrogens with zero attached hydrogens (tertiary/aromatic N) is 3. The van der Waals surface area contributed by atoms with Crippen LogP contribution in [0, 0.1) is 0 Å². The molecule has 0 radical (unpaired) electrons. The second-order valence-corrected chi connectivity index (χ2v) is 5.23. The third-order valence-electron chi connectivity index (χ3n) is 3.91. The summed E-state index contributed by atoms with van der Waals surface area (Å²) in [7, 11) is 4.35. The fourth-order valence-corrected chi connectivity index (χ4v) is 2.79. The van der Waals surface area contributed by atoms with Crippen LogP contribution in [-0.2, 0) is 0 Å². The minimum absolute atomic E-state index is 1.25. The average molecular weight is 198 g/mol. The maximum atomic E-state index is 2.62. The third-order valence-corrected chi connectivity index (χ3v) is 3.91. The number of fused-ring (bicyclic) bond motifs is 3. The molecule has 3 fully saturated rings. The van der Waals surface area contributed by atoms with Crippen molar-refractivity contribution in [2.24, 2.45) is 0 Å². The van der Waals surface area contributed by atoms with Crippen molar-refractivity contribution in [2.45, 2.75) is 6.42 Å². The average Bonchev–Trinajstić information content (AvgIpc) is 2.19. The van der Waals surface area contributed by atoms with Gasteiger partial charge < -0.3 is 9.38 Å². The first-order valence-electron chi connectivity index (χ1n) is 5.92. The molecule has 3 heterocycles. The van der Waals surface area contributed by atoms with E-state index in [4.69, 9.17) is 0 Å². The van der Waals surface area contributed by atoms with Crippen molar-refractivity contribution in [3.05, 3.63) is 0 Å². The SMILES string of the molecule is CN(C)CCC[N+]12CCN(CC1)CC2. The molecular formula is C11H24N3+. The zero-order valence-corrected chi connectivity index (χ0v) is 9.71. The molecule has 3 aliphatic rings. The Kier molecular flexibility index (Phi) is 3.10. The minimum Gasteiger partial charge on any atom is -0.320 e. The monoisotopic (exact) mass is 198 g/mol. The standard InChI is InChI=1S/C11H24N3/c1-12(2)4-3-8-14-9-5-13(6-10-14)7-11-14/h3-11H2,1-2H3/q+1. The summed E-state index contributed by atoms with van der Waals surface area (Å²) in [5.74, 6) is 0. The molecule has 0 aliphatic carbocycles. The van der Waals surface area contributed by atoms with Crippen LogP contribution >= 0.6 is 0 Å². The van der Waals surface area contributed by atoms with Gasteiger partial charge in [-0.3, -0.25) is 4.90 Å². The first-order valence-corrected chi connectivity index (χ1v) is 5.92. The molecule has 3 nitrogen and oxygen atoms in total. The van der Waals surface area contributed by atoms with Crippen LogP contribution in [0.5, 0.6) is 0 Å². The molecule has 0 aromatic carbocycles. The quantitative estimate of drug-likeness (QED) is 0.591. The van der Waals surface area contributed by atoms with Gasteiger partial charge in [0.25, 0.3) is 0 Å². The second-order valence-electron chi connectivity index (χ2n) is 5.23. The van der Waals surface area contributed by atoms with Gasteiger partial charge in [0.2, 0.25) is 0 Å². The van der Waals surface area contributed by atoms with Crippen molar-refractivity contribution in [2.75, 3.05) is 66.5 Å². The van der Waals surface area contributed by atoms with Crippen LogP contribution in [-0.4, -0.2) is 80.7 Å². The first-order chi connectivity index (χ1) is 6.70. The predicted molar refractivity (Wildman–Crippen MR) is 59.3 cm³/mol. The molecule has 3 saturated heterocycles. The van der Waals surface area contributed by atoms with E-state index in [9.17, 15) is 0 Å². The van der Waals surface area contributed by atoms with Gasteiger partial charge in [-0.15, -0.1) is 0 Å². The Labute approximate surface area is 87.9 Å². The van der Waals surface area contributed by atoms with Gasteiger partial charge in [0, 0.05) is 32.6 Å². The van der Waals surface area contributed by atoms with Gasteiger partial charge >= 0.3 is 0 Å². The molecule has 0 spiro atoms. The summed E-state index contributed by atoms with van der Waals surface area (Å²) in [6, 6.07) is 0. The zero-order valence-electron chi connectivity index (χ0n) is 9.71. The third kappa shape index (κ3) is 2.27. The normalized spacial score (nSPS) is 36.6. The molecule has 2 bridgehead atoms. The van der Waals surface area contributed by atoms with Crippen molar-refractivity contribution in [3.8, 4) is 0 Å². The molecular weight excluding hydrogens is 174 g/mol. The van der Waals surface area contributed by atoms with E-state index in [1.165, 1.54) is 63.3 Å². The van der Waals surface area contributed by atoms with Crippen LogP contribution < -0.4 is 0 Å². The van der Waals surface area contributed by atoms with Crippen LogP contribution in [0.3, 0.4) is 0 Å². The van der Waals surface area contributed by atoms with E-state index in [0.717, 1.165) is 0 Å². The van der Waals surface area contributed by atoms with Crippen molar-refractivity contribution in [1.29, 1.82) is 0 Å². The largest absolute Gasteiger partial charge is 0.320 e. The Bertz CT molecular complexity index is 169. The highest BCUT2D eigenvalue weighted by Gasteiger charge is 2.37. The lowest BCUT2D eigenvalue weighted by atomic mass is 10.1. The molecule has 0 unspecified atom stereocenters. The highest BCUT2D eigenvalue weighted by atomic mass is 15.4. The molecule has 0 aromatic heterocycles. The lowest BCUT2D eigenvalue weighted by Crippen LogP contribution is -2.67. The maximum Gasteiger partial charge on any atom is 0.0916 e. The van der Waals surface area contributed by atoms with E-state index < -0.39 is 0 Å². The molecule has 0 aromatic rings. The summed E-state index contributed by atoms with van der Waals surface area (Å²) in [5, 5.41) is 0. The van der Waals surface area contributed by atoms with Gasteiger partial charge in [0.05, 0.1) is 26.2 Å². The molecule has 3 aliphatic heterocycles. The molecule has 14 heavy (non-hydrogen) atoms. The summed E-state index contributed by atoms with van der Waals surface area (Å²) < 4.78 is 1.42. The first kappa shape index (κ1) is 10.4. The van der Waals surface area contributed by atoms with Crippen molar-refractivity contribution < 1.29 is 4.48 Å². The molecule has 3 rings (SSSR count). The van der Waals surface area contributed by atoms with Crippen LogP contribution in [0.2, 0.25) is 0 Å². The maximum absolute atomic E-state index is 2.62. The van der Waals surface area contributed by atoms with Gasteiger partial charge in [-0.1, -0.05) is 0 Å². The number of hydrogen-bond acceptors (Lipinski definition) is 2. The van der Waals surface area contributed by atoms with Gasteiger partial charge in [-0.05, 0) is 14.1 Å². The van der Waals surface area contributed by atoms with Crippen molar-refractivity contribution >= 4 is 0 Å². The Morgan fingerprint density at radius 3 is 2.14 bits per heavy atom.